The molecule has 1 aromatic carbocycles. The zero-order valence-electron chi connectivity index (χ0n) is 13.0. The van der Waals surface area contributed by atoms with Crippen LogP contribution in [0.5, 0.6) is 0 Å². The predicted molar refractivity (Wildman–Crippen MR) is 88.8 cm³/mol. The highest BCUT2D eigenvalue weighted by Gasteiger charge is 2.43. The molecule has 0 aromatic heterocycles. The number of aliphatic hydroxyl groups excluding tert-OH is 1. The van der Waals surface area contributed by atoms with Gasteiger partial charge in [-0.25, -0.2) is 0 Å². The Bertz CT molecular complexity index is 620. The van der Waals surface area contributed by atoms with Gasteiger partial charge in [0, 0.05) is 5.41 Å². The lowest BCUT2D eigenvalue weighted by molar-refractivity contribution is 0.0346. The van der Waals surface area contributed by atoms with E-state index < -0.39 is 0 Å². The Kier molecular flexibility index (Phi) is 3.62. The van der Waals surface area contributed by atoms with Crippen molar-refractivity contribution in [1.82, 2.24) is 0 Å². The average molecular weight is 280 g/mol. The van der Waals surface area contributed by atoms with Crippen LogP contribution < -0.4 is 0 Å². The number of allylic oxidation sites excluding steroid dienone is 3. The fourth-order valence-corrected chi connectivity index (χ4v) is 3.93. The highest BCUT2D eigenvalue weighted by Crippen LogP contribution is 2.52. The molecule has 0 amide bonds. The first kappa shape index (κ1) is 14.3. The molecule has 1 saturated carbocycles. The maximum atomic E-state index is 10.6. The summed E-state index contributed by atoms with van der Waals surface area (Å²) in [6.07, 6.45) is 6.01. The van der Waals surface area contributed by atoms with Crippen molar-refractivity contribution in [1.29, 1.82) is 0 Å². The third-order valence-electron chi connectivity index (χ3n) is 5.32. The Labute approximate surface area is 127 Å². The Balaban J connectivity index is 2.05. The Morgan fingerprint density at radius 3 is 2.71 bits per heavy atom. The van der Waals surface area contributed by atoms with Crippen LogP contribution in [0.15, 0.2) is 59.2 Å². The average Bonchev–Trinajstić information content (AvgIpc) is 2.48. The highest BCUT2D eigenvalue weighted by atomic mass is 16.3. The number of rotatable bonds is 1. The van der Waals surface area contributed by atoms with Crippen molar-refractivity contribution in [3.8, 4) is 0 Å². The van der Waals surface area contributed by atoms with E-state index in [1.165, 1.54) is 22.3 Å². The van der Waals surface area contributed by atoms with Crippen LogP contribution in [-0.4, -0.2) is 11.2 Å². The van der Waals surface area contributed by atoms with E-state index in [0.29, 0.717) is 0 Å². The van der Waals surface area contributed by atoms with Gasteiger partial charge in [0.25, 0.3) is 0 Å². The summed E-state index contributed by atoms with van der Waals surface area (Å²) in [5, 5.41) is 10.6. The van der Waals surface area contributed by atoms with Crippen molar-refractivity contribution in [3.05, 3.63) is 64.8 Å². The van der Waals surface area contributed by atoms with Gasteiger partial charge in [-0.2, -0.15) is 0 Å². The molecular weight excluding hydrogens is 256 g/mol. The van der Waals surface area contributed by atoms with Gasteiger partial charge in [-0.05, 0) is 54.9 Å². The molecule has 0 saturated heterocycles. The van der Waals surface area contributed by atoms with Gasteiger partial charge in [0.05, 0.1) is 6.10 Å². The quantitative estimate of drug-likeness (QED) is 0.776. The summed E-state index contributed by atoms with van der Waals surface area (Å²) in [6.45, 7) is 8.71. The molecule has 1 N–H and O–H groups in total. The molecule has 0 unspecified atom stereocenters. The van der Waals surface area contributed by atoms with Gasteiger partial charge in [-0.1, -0.05) is 55.5 Å². The van der Waals surface area contributed by atoms with Gasteiger partial charge in [-0.15, -0.1) is 0 Å². The van der Waals surface area contributed by atoms with Crippen molar-refractivity contribution in [2.75, 3.05) is 0 Å². The summed E-state index contributed by atoms with van der Waals surface area (Å²) < 4.78 is 0. The lowest BCUT2D eigenvalue weighted by Crippen LogP contribution is -2.40. The minimum Gasteiger partial charge on any atom is -0.392 e. The van der Waals surface area contributed by atoms with Crippen LogP contribution in [-0.2, 0) is 0 Å². The summed E-state index contributed by atoms with van der Waals surface area (Å²) in [5.74, 6) is 0. The summed E-state index contributed by atoms with van der Waals surface area (Å²) >= 11 is 0. The molecule has 0 bridgehead atoms. The second-order valence-corrected chi connectivity index (χ2v) is 6.66. The van der Waals surface area contributed by atoms with Gasteiger partial charge in [0.2, 0.25) is 0 Å². The van der Waals surface area contributed by atoms with Gasteiger partial charge in [-0.3, -0.25) is 0 Å². The lowest BCUT2D eigenvalue weighted by atomic mass is 9.60. The molecule has 1 heteroatoms. The second kappa shape index (κ2) is 5.31. The van der Waals surface area contributed by atoms with Gasteiger partial charge in [0.15, 0.2) is 0 Å². The minimum atomic E-state index is -0.233. The van der Waals surface area contributed by atoms with Crippen LogP contribution in [0.2, 0.25) is 0 Å². The molecule has 0 aliphatic heterocycles. The monoisotopic (exact) mass is 280 g/mol. The van der Waals surface area contributed by atoms with Crippen molar-refractivity contribution in [2.24, 2.45) is 5.41 Å². The number of hydrogen-bond donors (Lipinski definition) is 1. The summed E-state index contributed by atoms with van der Waals surface area (Å²) in [6, 6.07) is 10.4. The maximum absolute atomic E-state index is 10.6. The standard InChI is InChI=1S/C20H24O/c1-14-15(2)18-10-7-11-19(21)20(18,3)13-17(14)12-16-8-5-4-6-9-16/h4-6,8-9,12,19,21H,1,7,10-11,13H2,2-3H3/b17-12-/t19-,20-/m0/s1. The predicted octanol–water partition coefficient (Wildman–Crippen LogP) is 4.90. The molecule has 0 heterocycles. The molecule has 3 rings (SSSR count). The van der Waals surface area contributed by atoms with Crippen molar-refractivity contribution in [2.45, 2.75) is 45.6 Å². The summed E-state index contributed by atoms with van der Waals surface area (Å²) in [5.41, 5.74) is 6.25. The Morgan fingerprint density at radius 1 is 1.29 bits per heavy atom. The number of fused-ring (bicyclic) bond motifs is 1. The normalized spacial score (nSPS) is 31.5. The first-order valence-corrected chi connectivity index (χ1v) is 7.86. The zero-order chi connectivity index (χ0) is 15.0. The molecule has 1 nitrogen and oxygen atoms in total. The van der Waals surface area contributed by atoms with E-state index in [0.717, 1.165) is 31.3 Å². The zero-order valence-corrected chi connectivity index (χ0v) is 13.0. The third-order valence-corrected chi connectivity index (χ3v) is 5.32. The second-order valence-electron chi connectivity index (χ2n) is 6.66. The third kappa shape index (κ3) is 2.40. The van der Waals surface area contributed by atoms with Crippen LogP contribution in [0.1, 0.15) is 45.1 Å². The van der Waals surface area contributed by atoms with Gasteiger partial charge >= 0.3 is 0 Å². The lowest BCUT2D eigenvalue weighted by Gasteiger charge is -2.46. The topological polar surface area (TPSA) is 20.2 Å². The number of benzene rings is 1. The molecule has 2 atom stereocenters. The van der Waals surface area contributed by atoms with E-state index in [4.69, 9.17) is 0 Å². The van der Waals surface area contributed by atoms with Gasteiger partial charge in [0.1, 0.15) is 0 Å². The summed E-state index contributed by atoms with van der Waals surface area (Å²) in [4.78, 5) is 0. The summed E-state index contributed by atoms with van der Waals surface area (Å²) in [7, 11) is 0. The molecule has 0 spiro atoms. The van der Waals surface area contributed by atoms with E-state index >= 15 is 0 Å². The Morgan fingerprint density at radius 2 is 2.00 bits per heavy atom. The van der Waals surface area contributed by atoms with Crippen molar-refractivity contribution < 1.29 is 5.11 Å². The molecule has 110 valence electrons. The maximum Gasteiger partial charge on any atom is 0.0634 e. The molecular formula is C20H24O. The van der Waals surface area contributed by atoms with Crippen LogP contribution >= 0.6 is 0 Å². The Hall–Kier alpha value is -1.60. The first-order valence-electron chi connectivity index (χ1n) is 7.86. The van der Waals surface area contributed by atoms with Crippen LogP contribution in [0.25, 0.3) is 6.08 Å². The molecule has 2 aliphatic rings. The smallest absolute Gasteiger partial charge is 0.0634 e. The fraction of sp³-hybridized carbons (Fsp3) is 0.400. The van der Waals surface area contributed by atoms with E-state index in [1.807, 2.05) is 6.07 Å². The molecule has 21 heavy (non-hydrogen) atoms. The number of hydrogen-bond acceptors (Lipinski definition) is 1. The van der Waals surface area contributed by atoms with Crippen LogP contribution in [0.4, 0.5) is 0 Å². The molecule has 0 radical (unpaired) electrons. The van der Waals surface area contributed by atoms with Crippen LogP contribution in [0.3, 0.4) is 0 Å². The van der Waals surface area contributed by atoms with Crippen molar-refractivity contribution >= 4 is 6.08 Å². The van der Waals surface area contributed by atoms with Gasteiger partial charge < -0.3 is 5.11 Å². The van der Waals surface area contributed by atoms with E-state index in [1.54, 1.807) is 0 Å². The SMILES string of the molecule is C=C1C(C)=C2CCC[C@H](O)[C@@]2(C)C/C1=C/c1ccccc1. The van der Waals surface area contributed by atoms with Crippen molar-refractivity contribution in [3.63, 3.8) is 0 Å². The van der Waals surface area contributed by atoms with E-state index in [2.05, 4.69) is 50.8 Å². The van der Waals surface area contributed by atoms with E-state index in [9.17, 15) is 5.11 Å². The highest BCUT2D eigenvalue weighted by molar-refractivity contribution is 5.65. The fourth-order valence-electron chi connectivity index (χ4n) is 3.93. The first-order chi connectivity index (χ1) is 10.0. The van der Waals surface area contributed by atoms with Crippen LogP contribution in [0, 0.1) is 5.41 Å². The molecule has 1 fully saturated rings. The largest absolute Gasteiger partial charge is 0.392 e. The minimum absolute atomic E-state index is 0.107. The molecule has 1 aromatic rings. The molecule has 2 aliphatic carbocycles. The van der Waals surface area contributed by atoms with E-state index in [-0.39, 0.29) is 11.5 Å². The number of aliphatic hydroxyl groups is 1.